The molecule has 104 valence electrons. The van der Waals surface area contributed by atoms with E-state index in [9.17, 15) is 9.90 Å². The number of carbonyl (C=O) groups is 1. The van der Waals surface area contributed by atoms with Gasteiger partial charge in [0.05, 0.1) is 10.7 Å². The minimum atomic E-state index is -1.21. The molecule has 0 aliphatic carbocycles. The van der Waals surface area contributed by atoms with Crippen LogP contribution in [0.5, 0.6) is 11.5 Å². The van der Waals surface area contributed by atoms with Crippen molar-refractivity contribution in [3.8, 4) is 11.5 Å². The van der Waals surface area contributed by atoms with Gasteiger partial charge in [-0.05, 0) is 23.8 Å². The number of carboxylic acid groups (broad SMARTS) is 1. The largest absolute Gasteiger partial charge is 1.00 e. The average Bonchev–Trinajstić information content (AvgIpc) is 2.39. The van der Waals surface area contributed by atoms with Crippen molar-refractivity contribution in [1.82, 2.24) is 0 Å². The van der Waals surface area contributed by atoms with Crippen molar-refractivity contribution < 1.29 is 44.2 Å². The van der Waals surface area contributed by atoms with E-state index >= 15 is 0 Å². The molecule has 0 saturated heterocycles. The number of para-hydroxylation sites is 1. The maximum atomic E-state index is 10.6. The van der Waals surface area contributed by atoms with Crippen LogP contribution in [0.1, 0.15) is 5.56 Å². The molecule has 2 aromatic carbocycles. The van der Waals surface area contributed by atoms with E-state index in [1.807, 2.05) is 0 Å². The Morgan fingerprint density at radius 1 is 1.14 bits per heavy atom. The van der Waals surface area contributed by atoms with Crippen LogP contribution in [-0.2, 0) is 11.2 Å². The molecule has 0 heterocycles. The second-order valence-electron chi connectivity index (χ2n) is 4.03. The number of halogens is 2. The first-order valence-corrected chi connectivity index (χ1v) is 6.43. The summed E-state index contributed by atoms with van der Waals surface area (Å²) in [6.45, 7) is 0. The number of aliphatic carboxylic acids is 1. The molecule has 0 unspecified atom stereocenters. The molecule has 0 aromatic heterocycles. The van der Waals surface area contributed by atoms with Crippen LogP contribution in [0.3, 0.4) is 0 Å². The Morgan fingerprint density at radius 3 is 2.43 bits per heavy atom. The van der Waals surface area contributed by atoms with Gasteiger partial charge >= 0.3 is 29.6 Å². The van der Waals surface area contributed by atoms with Crippen molar-refractivity contribution in [2.24, 2.45) is 0 Å². The van der Waals surface area contributed by atoms with Crippen LogP contribution in [0.4, 0.5) is 5.69 Å². The summed E-state index contributed by atoms with van der Waals surface area (Å²) in [6, 6.07) is 9.81. The van der Waals surface area contributed by atoms with Gasteiger partial charge in [0.1, 0.15) is 10.8 Å². The molecule has 0 fully saturated rings. The summed E-state index contributed by atoms with van der Waals surface area (Å²) < 4.78 is 5.59. The first kappa shape index (κ1) is 18.1. The third-order valence-electron chi connectivity index (χ3n) is 2.63. The van der Waals surface area contributed by atoms with E-state index in [1.54, 1.807) is 36.4 Å². The van der Waals surface area contributed by atoms with Gasteiger partial charge in [-0.15, -0.1) is 0 Å². The number of anilines is 1. The Balaban J connectivity index is 0.00000220. The third-order valence-corrected chi connectivity index (χ3v) is 3.43. The molecule has 0 aliphatic heterocycles. The van der Waals surface area contributed by atoms with E-state index in [4.69, 9.17) is 33.7 Å². The molecular formula is C14H10Cl2NNaO3. The Labute approximate surface area is 154 Å². The van der Waals surface area contributed by atoms with Crippen LogP contribution in [0, 0.1) is 0 Å². The average molecular weight is 334 g/mol. The number of ether oxygens (including phenoxy) is 1. The van der Waals surface area contributed by atoms with Gasteiger partial charge in [-0.1, -0.05) is 41.4 Å². The fraction of sp³-hybridized carbons (Fsp3) is 0.0714. The molecule has 0 bridgehead atoms. The topological polar surface area (TPSA) is 75.4 Å². The second-order valence-corrected chi connectivity index (χ2v) is 4.82. The number of rotatable bonds is 4. The Kier molecular flexibility index (Phi) is 6.84. The maximum Gasteiger partial charge on any atom is 1.00 e. The number of carboxylic acids is 1. The van der Waals surface area contributed by atoms with Gasteiger partial charge in [-0.2, -0.15) is 0 Å². The van der Waals surface area contributed by atoms with Crippen molar-refractivity contribution in [2.45, 2.75) is 6.42 Å². The fourth-order valence-corrected chi connectivity index (χ4v) is 2.00. The Hall–Kier alpha value is -0.910. The van der Waals surface area contributed by atoms with E-state index in [0.29, 0.717) is 22.1 Å². The molecular weight excluding hydrogens is 324 g/mol. The molecule has 0 saturated carbocycles. The van der Waals surface area contributed by atoms with Crippen molar-refractivity contribution in [2.75, 3.05) is 5.73 Å². The first-order chi connectivity index (χ1) is 9.49. The molecule has 21 heavy (non-hydrogen) atoms. The first-order valence-electron chi connectivity index (χ1n) is 5.68. The molecule has 2 rings (SSSR count). The van der Waals surface area contributed by atoms with Crippen LogP contribution in [0.15, 0.2) is 36.4 Å². The number of nitrogen functional groups attached to an aromatic ring is 1. The zero-order chi connectivity index (χ0) is 14.7. The van der Waals surface area contributed by atoms with E-state index in [2.05, 4.69) is 0 Å². The van der Waals surface area contributed by atoms with Gasteiger partial charge in [-0.25, -0.2) is 0 Å². The normalized spacial score (nSPS) is 9.81. The third kappa shape index (κ3) is 4.53. The minimum Gasteiger partial charge on any atom is -0.550 e. The van der Waals surface area contributed by atoms with E-state index in [-0.39, 0.29) is 46.7 Å². The fourth-order valence-electron chi connectivity index (χ4n) is 1.67. The molecule has 0 atom stereocenters. The zero-order valence-corrected chi connectivity index (χ0v) is 14.7. The van der Waals surface area contributed by atoms with E-state index < -0.39 is 5.97 Å². The number of hydrogen-bond acceptors (Lipinski definition) is 4. The van der Waals surface area contributed by atoms with Crippen LogP contribution in [-0.4, -0.2) is 5.97 Å². The predicted molar refractivity (Wildman–Crippen MR) is 76.1 cm³/mol. The zero-order valence-electron chi connectivity index (χ0n) is 11.2. The quantitative estimate of drug-likeness (QED) is 0.613. The molecule has 7 heteroatoms. The summed E-state index contributed by atoms with van der Waals surface area (Å²) >= 11 is 11.9. The van der Waals surface area contributed by atoms with Crippen molar-refractivity contribution in [3.63, 3.8) is 0 Å². The maximum absolute atomic E-state index is 10.6. The molecule has 0 radical (unpaired) electrons. The van der Waals surface area contributed by atoms with Gasteiger partial charge in [0.25, 0.3) is 0 Å². The number of benzene rings is 2. The second kappa shape index (κ2) is 7.92. The van der Waals surface area contributed by atoms with Crippen LogP contribution in [0.25, 0.3) is 0 Å². The predicted octanol–water partition coefficient (Wildman–Crippen LogP) is -0.336. The molecule has 4 nitrogen and oxygen atoms in total. The van der Waals surface area contributed by atoms with Crippen LogP contribution in [0.2, 0.25) is 10.0 Å². The Bertz CT molecular complexity index is 665. The van der Waals surface area contributed by atoms with Crippen molar-refractivity contribution in [3.05, 3.63) is 52.0 Å². The summed E-state index contributed by atoms with van der Waals surface area (Å²) in [6.07, 6.45) is -0.285. The molecule has 2 aromatic rings. The minimum absolute atomic E-state index is 0. The molecule has 0 amide bonds. The van der Waals surface area contributed by atoms with Crippen molar-refractivity contribution in [1.29, 1.82) is 0 Å². The van der Waals surface area contributed by atoms with E-state index in [0.717, 1.165) is 0 Å². The summed E-state index contributed by atoms with van der Waals surface area (Å²) in [5, 5.41) is 11.3. The Morgan fingerprint density at radius 2 is 1.76 bits per heavy atom. The molecule has 0 aliphatic rings. The summed E-state index contributed by atoms with van der Waals surface area (Å²) in [5.41, 5.74) is 6.52. The van der Waals surface area contributed by atoms with Gasteiger partial charge < -0.3 is 20.4 Å². The van der Waals surface area contributed by atoms with Gasteiger partial charge in [0.15, 0.2) is 5.75 Å². The van der Waals surface area contributed by atoms with Gasteiger partial charge in [-0.3, -0.25) is 0 Å². The summed E-state index contributed by atoms with van der Waals surface area (Å²) in [7, 11) is 0. The van der Waals surface area contributed by atoms with Gasteiger partial charge in [0.2, 0.25) is 0 Å². The summed E-state index contributed by atoms with van der Waals surface area (Å²) in [5.74, 6) is -0.556. The summed E-state index contributed by atoms with van der Waals surface area (Å²) in [4.78, 5) is 10.6. The standard InChI is InChI=1S/C14H11Cl2NO3.Na/c15-9-4-2-5-10(13(9)16)20-11-6-1-3-8(14(11)17)7-12(18)19;/h1-6H,7,17H2,(H,18,19);/q;+1/p-1. The molecule has 2 N–H and O–H groups in total. The van der Waals surface area contributed by atoms with Gasteiger partial charge in [0, 0.05) is 12.4 Å². The molecule has 0 spiro atoms. The monoisotopic (exact) mass is 333 g/mol. The van der Waals surface area contributed by atoms with Crippen LogP contribution >= 0.6 is 23.2 Å². The number of nitrogens with two attached hydrogens (primary N) is 1. The number of hydrogen-bond donors (Lipinski definition) is 1. The van der Waals surface area contributed by atoms with E-state index in [1.165, 1.54) is 0 Å². The number of carbonyl (C=O) groups excluding carboxylic acids is 1. The van der Waals surface area contributed by atoms with Crippen LogP contribution < -0.4 is 45.1 Å². The SMILES string of the molecule is Nc1c(CC(=O)[O-])cccc1Oc1cccc(Cl)c1Cl.[Na+]. The smallest absolute Gasteiger partial charge is 0.550 e. The van der Waals surface area contributed by atoms with Crippen molar-refractivity contribution >= 4 is 34.9 Å².